The van der Waals surface area contributed by atoms with Crippen LogP contribution >= 0.6 is 12.2 Å². The zero-order valence-corrected chi connectivity index (χ0v) is 19.6. The summed E-state index contributed by atoms with van der Waals surface area (Å²) in [6, 6.07) is 30.0. The molecule has 0 spiro atoms. The highest BCUT2D eigenvalue weighted by atomic mass is 32.1. The number of benzene rings is 4. The first-order chi connectivity index (χ1) is 16.0. The third kappa shape index (κ3) is 5.57. The average molecular weight is 454 g/mol. The van der Waals surface area contributed by atoms with Gasteiger partial charge in [0.05, 0.1) is 6.04 Å². The first-order valence-corrected chi connectivity index (χ1v) is 11.4. The second kappa shape index (κ2) is 10.3. The van der Waals surface area contributed by atoms with Gasteiger partial charge in [-0.25, -0.2) is 0 Å². The van der Waals surface area contributed by atoms with E-state index in [0.29, 0.717) is 17.2 Å². The number of carbonyl (C=O) groups excluding carboxylic acids is 1. The maximum atomic E-state index is 13.1. The van der Waals surface area contributed by atoms with Gasteiger partial charge in [0.2, 0.25) is 0 Å². The maximum absolute atomic E-state index is 13.1. The van der Waals surface area contributed by atoms with Crippen molar-refractivity contribution in [3.05, 3.63) is 113 Å². The minimum atomic E-state index is -0.131. The van der Waals surface area contributed by atoms with Gasteiger partial charge in [-0.3, -0.25) is 4.79 Å². The summed E-state index contributed by atoms with van der Waals surface area (Å²) < 4.78 is 0. The van der Waals surface area contributed by atoms with E-state index < -0.39 is 0 Å². The van der Waals surface area contributed by atoms with E-state index in [1.165, 1.54) is 0 Å². The Labute approximate surface area is 200 Å². The topological polar surface area (TPSA) is 53.2 Å². The van der Waals surface area contributed by atoms with Crippen LogP contribution in [0.3, 0.4) is 0 Å². The molecular formula is C28H27N3OS. The van der Waals surface area contributed by atoms with E-state index in [9.17, 15) is 4.79 Å². The molecule has 33 heavy (non-hydrogen) atoms. The van der Waals surface area contributed by atoms with Crippen LogP contribution in [0, 0.1) is 6.92 Å². The highest BCUT2D eigenvalue weighted by Crippen LogP contribution is 2.25. The van der Waals surface area contributed by atoms with E-state index in [1.54, 1.807) is 0 Å². The Morgan fingerprint density at radius 3 is 2.45 bits per heavy atom. The molecule has 0 radical (unpaired) electrons. The summed E-state index contributed by atoms with van der Waals surface area (Å²) in [4.78, 5) is 13.1. The Kier molecular flexibility index (Phi) is 7.01. The molecule has 0 aliphatic heterocycles. The molecule has 3 N–H and O–H groups in total. The molecule has 0 saturated heterocycles. The molecule has 0 aliphatic rings. The molecule has 4 nitrogen and oxygen atoms in total. The van der Waals surface area contributed by atoms with Crippen molar-refractivity contribution in [3.8, 4) is 0 Å². The van der Waals surface area contributed by atoms with E-state index >= 15 is 0 Å². The van der Waals surface area contributed by atoms with Crippen LogP contribution in [-0.2, 0) is 6.54 Å². The third-order valence-electron chi connectivity index (χ3n) is 5.67. The number of amides is 1. The number of hydrogen-bond acceptors (Lipinski definition) is 2. The zero-order valence-electron chi connectivity index (χ0n) is 18.8. The quantitative estimate of drug-likeness (QED) is 0.308. The monoisotopic (exact) mass is 453 g/mol. The Hall–Kier alpha value is -3.70. The lowest BCUT2D eigenvalue weighted by Gasteiger charge is -2.18. The number of nitrogens with one attached hydrogen (secondary N) is 3. The van der Waals surface area contributed by atoms with Crippen molar-refractivity contribution in [1.82, 2.24) is 10.6 Å². The summed E-state index contributed by atoms with van der Waals surface area (Å²) in [5, 5.41) is 12.4. The Balaban J connectivity index is 1.44. The van der Waals surface area contributed by atoms with Crippen molar-refractivity contribution in [1.29, 1.82) is 0 Å². The summed E-state index contributed by atoms with van der Waals surface area (Å²) in [5.74, 6) is -0.111. The average Bonchev–Trinajstić information content (AvgIpc) is 2.84. The summed E-state index contributed by atoms with van der Waals surface area (Å²) >= 11 is 5.43. The van der Waals surface area contributed by atoms with Crippen LogP contribution < -0.4 is 16.0 Å². The molecule has 0 heterocycles. The predicted octanol–water partition coefficient (Wildman–Crippen LogP) is 6.13. The van der Waals surface area contributed by atoms with Gasteiger partial charge in [-0.1, -0.05) is 78.9 Å². The number of aryl methyl sites for hydroxylation is 1. The summed E-state index contributed by atoms with van der Waals surface area (Å²) in [5.41, 5.74) is 4.55. The lowest BCUT2D eigenvalue weighted by molar-refractivity contribution is 0.0939. The molecule has 166 valence electrons. The molecule has 0 aliphatic carbocycles. The second-order valence-electron chi connectivity index (χ2n) is 8.09. The van der Waals surface area contributed by atoms with Gasteiger partial charge in [-0.15, -0.1) is 0 Å². The highest BCUT2D eigenvalue weighted by Gasteiger charge is 2.16. The van der Waals surface area contributed by atoms with Gasteiger partial charge in [0.1, 0.15) is 0 Å². The zero-order chi connectivity index (χ0) is 23.2. The normalized spacial score (nSPS) is 11.6. The number of anilines is 1. The molecule has 4 aromatic carbocycles. The molecule has 1 atom stereocenters. The summed E-state index contributed by atoms with van der Waals surface area (Å²) in [6.45, 7) is 4.58. The van der Waals surface area contributed by atoms with Gasteiger partial charge in [0.15, 0.2) is 5.11 Å². The largest absolute Gasteiger partial charge is 0.358 e. The smallest absolute Gasteiger partial charge is 0.252 e. The van der Waals surface area contributed by atoms with Gasteiger partial charge in [-0.2, -0.15) is 0 Å². The number of carbonyl (C=O) groups is 1. The van der Waals surface area contributed by atoms with E-state index in [0.717, 1.165) is 33.2 Å². The van der Waals surface area contributed by atoms with Crippen LogP contribution in [0.1, 0.15) is 40.0 Å². The Morgan fingerprint density at radius 1 is 0.909 bits per heavy atom. The molecule has 4 aromatic rings. The minimum absolute atomic E-state index is 0.111. The SMILES string of the molecule is Cc1ccc(NC(=S)NCc2ccccc2)cc1C(=O)N[C@H](C)c1cccc2ccccc12. The molecule has 1 amide bonds. The Morgan fingerprint density at radius 2 is 1.64 bits per heavy atom. The Bertz CT molecular complexity index is 1280. The van der Waals surface area contributed by atoms with E-state index in [1.807, 2.05) is 80.6 Å². The van der Waals surface area contributed by atoms with Crippen LogP contribution in [0.4, 0.5) is 5.69 Å². The van der Waals surface area contributed by atoms with E-state index in [4.69, 9.17) is 12.2 Å². The minimum Gasteiger partial charge on any atom is -0.358 e. The van der Waals surface area contributed by atoms with Crippen LogP contribution in [0.5, 0.6) is 0 Å². The van der Waals surface area contributed by atoms with Crippen molar-refractivity contribution >= 4 is 39.7 Å². The molecule has 0 unspecified atom stereocenters. The van der Waals surface area contributed by atoms with Crippen molar-refractivity contribution < 1.29 is 4.79 Å². The summed E-state index contributed by atoms with van der Waals surface area (Å²) in [7, 11) is 0. The molecule has 0 aromatic heterocycles. The fourth-order valence-corrected chi connectivity index (χ4v) is 4.07. The van der Waals surface area contributed by atoms with Crippen LogP contribution in [0.25, 0.3) is 10.8 Å². The van der Waals surface area contributed by atoms with Gasteiger partial charge in [0.25, 0.3) is 5.91 Å². The lowest BCUT2D eigenvalue weighted by Crippen LogP contribution is -2.29. The fraction of sp³-hybridized carbons (Fsp3) is 0.143. The van der Waals surface area contributed by atoms with Gasteiger partial charge < -0.3 is 16.0 Å². The third-order valence-corrected chi connectivity index (χ3v) is 5.92. The standard InChI is InChI=1S/C28H27N3OS/c1-19-15-16-23(31-28(33)29-18-21-9-4-3-5-10-21)17-26(19)27(32)30-20(2)24-14-8-12-22-11-6-7-13-25(22)24/h3-17,20H,18H2,1-2H3,(H,30,32)(H2,29,31,33)/t20-/m1/s1. The van der Waals surface area contributed by atoms with Crippen molar-refractivity contribution in [3.63, 3.8) is 0 Å². The first kappa shape index (κ1) is 22.5. The molecule has 0 bridgehead atoms. The summed E-state index contributed by atoms with van der Waals surface area (Å²) in [6.07, 6.45) is 0. The number of thiocarbonyl (C=S) groups is 1. The molecule has 4 rings (SSSR count). The molecule has 0 fully saturated rings. The first-order valence-electron chi connectivity index (χ1n) is 11.0. The van der Waals surface area contributed by atoms with E-state index in [2.05, 4.69) is 40.2 Å². The van der Waals surface area contributed by atoms with Crippen molar-refractivity contribution in [2.45, 2.75) is 26.4 Å². The maximum Gasteiger partial charge on any atom is 0.252 e. The molecule has 5 heteroatoms. The number of rotatable bonds is 6. The van der Waals surface area contributed by atoms with Gasteiger partial charge in [-0.05, 0) is 65.7 Å². The van der Waals surface area contributed by atoms with E-state index in [-0.39, 0.29) is 11.9 Å². The van der Waals surface area contributed by atoms with Gasteiger partial charge >= 0.3 is 0 Å². The fourth-order valence-electron chi connectivity index (χ4n) is 3.88. The van der Waals surface area contributed by atoms with Crippen LogP contribution in [0.15, 0.2) is 91.0 Å². The predicted molar refractivity (Wildman–Crippen MR) is 141 cm³/mol. The highest BCUT2D eigenvalue weighted by molar-refractivity contribution is 7.80. The number of fused-ring (bicyclic) bond motifs is 1. The molecular weight excluding hydrogens is 426 g/mol. The molecule has 0 saturated carbocycles. The van der Waals surface area contributed by atoms with Crippen LogP contribution in [0.2, 0.25) is 0 Å². The van der Waals surface area contributed by atoms with Gasteiger partial charge in [0, 0.05) is 17.8 Å². The van der Waals surface area contributed by atoms with Crippen molar-refractivity contribution in [2.75, 3.05) is 5.32 Å². The number of hydrogen-bond donors (Lipinski definition) is 3. The second-order valence-corrected chi connectivity index (χ2v) is 8.49. The van der Waals surface area contributed by atoms with Crippen LogP contribution in [-0.4, -0.2) is 11.0 Å². The lowest BCUT2D eigenvalue weighted by atomic mass is 9.99. The van der Waals surface area contributed by atoms with Crippen molar-refractivity contribution in [2.24, 2.45) is 0 Å².